The number of nitrogens with one attached hydrogen (secondary N) is 1. The van der Waals surface area contributed by atoms with Crippen LogP contribution in [0.2, 0.25) is 0 Å². The summed E-state index contributed by atoms with van der Waals surface area (Å²) < 4.78 is 29.9. The highest BCUT2D eigenvalue weighted by Gasteiger charge is 2.25. The van der Waals surface area contributed by atoms with Crippen molar-refractivity contribution in [1.29, 1.82) is 0 Å². The second-order valence-electron chi connectivity index (χ2n) is 5.49. The van der Waals surface area contributed by atoms with E-state index in [0.29, 0.717) is 30.7 Å². The molecule has 3 rings (SSSR count). The van der Waals surface area contributed by atoms with Crippen LogP contribution in [0.3, 0.4) is 0 Å². The molecule has 0 radical (unpaired) electrons. The Morgan fingerprint density at radius 1 is 1.33 bits per heavy atom. The standard InChI is InChI=1S/C14H18N2O4S/c1-20-12-4-2-3-11-13(12)15-14(17)16(11)9-10-5-7-21(18,19)8-6-10/h2-4,10H,5-9H2,1H3,(H,15,17). The van der Waals surface area contributed by atoms with Gasteiger partial charge in [-0.1, -0.05) is 6.07 Å². The lowest BCUT2D eigenvalue weighted by molar-refractivity contribution is 0.404. The number of hydrogen-bond donors (Lipinski definition) is 1. The van der Waals surface area contributed by atoms with E-state index in [-0.39, 0.29) is 23.1 Å². The van der Waals surface area contributed by atoms with Crippen LogP contribution in [0.5, 0.6) is 5.75 Å². The minimum atomic E-state index is -2.87. The van der Waals surface area contributed by atoms with Gasteiger partial charge in [0.05, 0.1) is 24.1 Å². The van der Waals surface area contributed by atoms with E-state index in [0.717, 1.165) is 5.52 Å². The summed E-state index contributed by atoms with van der Waals surface area (Å²) in [6, 6.07) is 5.52. The summed E-state index contributed by atoms with van der Waals surface area (Å²) in [4.78, 5) is 15.0. The van der Waals surface area contributed by atoms with Gasteiger partial charge in [-0.15, -0.1) is 0 Å². The van der Waals surface area contributed by atoms with E-state index in [9.17, 15) is 13.2 Å². The molecule has 114 valence electrons. The Morgan fingerprint density at radius 2 is 2.05 bits per heavy atom. The van der Waals surface area contributed by atoms with Gasteiger partial charge in [-0.25, -0.2) is 13.2 Å². The van der Waals surface area contributed by atoms with Crippen molar-refractivity contribution >= 4 is 20.9 Å². The molecule has 1 aromatic heterocycles. The van der Waals surface area contributed by atoms with Crippen molar-refractivity contribution in [1.82, 2.24) is 9.55 Å². The summed E-state index contributed by atoms with van der Waals surface area (Å²) in [7, 11) is -1.31. The molecule has 21 heavy (non-hydrogen) atoms. The maximum absolute atomic E-state index is 12.1. The Hall–Kier alpha value is -1.76. The first-order valence-corrected chi connectivity index (χ1v) is 8.78. The van der Waals surface area contributed by atoms with E-state index < -0.39 is 9.84 Å². The molecule has 1 aliphatic heterocycles. The molecular weight excluding hydrogens is 292 g/mol. The third kappa shape index (κ3) is 2.70. The molecule has 0 atom stereocenters. The highest BCUT2D eigenvalue weighted by atomic mass is 32.2. The van der Waals surface area contributed by atoms with E-state index in [1.807, 2.05) is 12.1 Å². The van der Waals surface area contributed by atoms with E-state index in [1.54, 1.807) is 17.7 Å². The molecule has 0 unspecified atom stereocenters. The normalized spacial score (nSPS) is 18.9. The van der Waals surface area contributed by atoms with Gasteiger partial charge in [0.25, 0.3) is 0 Å². The number of para-hydroxylation sites is 1. The molecular formula is C14H18N2O4S. The first kappa shape index (κ1) is 14.2. The number of rotatable bonds is 3. The highest BCUT2D eigenvalue weighted by Crippen LogP contribution is 2.25. The van der Waals surface area contributed by atoms with Crippen molar-refractivity contribution < 1.29 is 13.2 Å². The third-order valence-corrected chi connectivity index (χ3v) is 5.82. The fourth-order valence-corrected chi connectivity index (χ4v) is 4.47. The number of fused-ring (bicyclic) bond motifs is 1. The van der Waals surface area contributed by atoms with Crippen LogP contribution in [-0.2, 0) is 16.4 Å². The molecule has 1 aliphatic rings. The summed E-state index contributed by atoms with van der Waals surface area (Å²) in [5.74, 6) is 1.29. The molecule has 1 saturated heterocycles. The number of imidazole rings is 1. The first-order valence-electron chi connectivity index (χ1n) is 6.96. The zero-order valence-electron chi connectivity index (χ0n) is 11.8. The fourth-order valence-electron chi connectivity index (χ4n) is 2.88. The van der Waals surface area contributed by atoms with Crippen LogP contribution in [0.1, 0.15) is 12.8 Å². The highest BCUT2D eigenvalue weighted by molar-refractivity contribution is 7.91. The van der Waals surface area contributed by atoms with Gasteiger partial charge in [0, 0.05) is 6.54 Å². The van der Waals surface area contributed by atoms with Gasteiger partial charge in [-0.2, -0.15) is 0 Å². The number of ether oxygens (including phenoxy) is 1. The quantitative estimate of drug-likeness (QED) is 0.922. The van der Waals surface area contributed by atoms with Crippen molar-refractivity contribution in [3.05, 3.63) is 28.7 Å². The molecule has 1 aromatic carbocycles. The number of hydrogen-bond acceptors (Lipinski definition) is 4. The van der Waals surface area contributed by atoms with Crippen LogP contribution in [0.15, 0.2) is 23.0 Å². The zero-order chi connectivity index (χ0) is 15.0. The maximum Gasteiger partial charge on any atom is 0.326 e. The molecule has 1 fully saturated rings. The third-order valence-electron chi connectivity index (χ3n) is 4.11. The first-order chi connectivity index (χ1) is 10.00. The molecule has 2 aromatic rings. The Labute approximate surface area is 122 Å². The summed E-state index contributed by atoms with van der Waals surface area (Å²) in [6.45, 7) is 0.543. The molecule has 0 saturated carbocycles. The lowest BCUT2D eigenvalue weighted by Crippen LogP contribution is -2.29. The number of aromatic amines is 1. The molecule has 1 N–H and O–H groups in total. The molecule has 7 heteroatoms. The van der Waals surface area contributed by atoms with Gasteiger partial charge in [-0.3, -0.25) is 4.57 Å². The Kier molecular flexibility index (Phi) is 3.52. The number of benzene rings is 1. The average Bonchev–Trinajstić information content (AvgIpc) is 2.77. The van der Waals surface area contributed by atoms with Gasteiger partial charge >= 0.3 is 5.69 Å². The van der Waals surface area contributed by atoms with Crippen LogP contribution in [0.4, 0.5) is 0 Å². The molecule has 0 aliphatic carbocycles. The summed E-state index contributed by atoms with van der Waals surface area (Å²) >= 11 is 0. The van der Waals surface area contributed by atoms with Gasteiger partial charge < -0.3 is 9.72 Å². The molecule has 0 spiro atoms. The number of methoxy groups -OCH3 is 1. The number of sulfone groups is 1. The SMILES string of the molecule is COc1cccc2c1[nH]c(=O)n2CC1CCS(=O)(=O)CC1. The van der Waals surface area contributed by atoms with Crippen LogP contribution in [0, 0.1) is 5.92 Å². The number of aromatic nitrogens is 2. The molecule has 6 nitrogen and oxygen atoms in total. The van der Waals surface area contributed by atoms with Crippen molar-refractivity contribution in [2.45, 2.75) is 19.4 Å². The van der Waals surface area contributed by atoms with Gasteiger partial charge in [0.15, 0.2) is 0 Å². The van der Waals surface area contributed by atoms with Gasteiger partial charge in [0.1, 0.15) is 21.1 Å². The van der Waals surface area contributed by atoms with E-state index in [1.165, 1.54) is 0 Å². The Morgan fingerprint density at radius 3 is 2.71 bits per heavy atom. The van der Waals surface area contributed by atoms with Crippen molar-refractivity contribution in [2.24, 2.45) is 5.92 Å². The minimum absolute atomic E-state index is 0.178. The topological polar surface area (TPSA) is 81.2 Å². The number of nitrogens with zero attached hydrogens (tertiary/aromatic N) is 1. The molecule has 0 bridgehead atoms. The van der Waals surface area contributed by atoms with Crippen LogP contribution in [-0.4, -0.2) is 36.6 Å². The predicted molar refractivity (Wildman–Crippen MR) is 80.5 cm³/mol. The Bertz CT molecular complexity index is 805. The van der Waals surface area contributed by atoms with E-state index >= 15 is 0 Å². The summed E-state index contributed by atoms with van der Waals surface area (Å²) in [5, 5.41) is 0. The number of H-pyrrole nitrogens is 1. The van der Waals surface area contributed by atoms with Crippen molar-refractivity contribution in [3.63, 3.8) is 0 Å². The van der Waals surface area contributed by atoms with Crippen LogP contribution < -0.4 is 10.4 Å². The maximum atomic E-state index is 12.1. The lowest BCUT2D eigenvalue weighted by Gasteiger charge is -2.22. The summed E-state index contributed by atoms with van der Waals surface area (Å²) in [5.41, 5.74) is 1.31. The second-order valence-corrected chi connectivity index (χ2v) is 7.79. The van der Waals surface area contributed by atoms with Crippen LogP contribution >= 0.6 is 0 Å². The van der Waals surface area contributed by atoms with E-state index in [4.69, 9.17) is 4.74 Å². The smallest absolute Gasteiger partial charge is 0.326 e. The largest absolute Gasteiger partial charge is 0.494 e. The monoisotopic (exact) mass is 310 g/mol. The second kappa shape index (κ2) is 5.22. The average molecular weight is 310 g/mol. The van der Waals surface area contributed by atoms with Gasteiger partial charge in [-0.05, 0) is 30.9 Å². The molecule has 2 heterocycles. The Balaban J connectivity index is 1.91. The lowest BCUT2D eigenvalue weighted by atomic mass is 10.0. The van der Waals surface area contributed by atoms with E-state index in [2.05, 4.69) is 4.98 Å². The predicted octanol–water partition coefficient (Wildman–Crippen LogP) is 1.16. The van der Waals surface area contributed by atoms with Crippen molar-refractivity contribution in [2.75, 3.05) is 18.6 Å². The van der Waals surface area contributed by atoms with Crippen molar-refractivity contribution in [3.8, 4) is 5.75 Å². The zero-order valence-corrected chi connectivity index (χ0v) is 12.6. The summed E-state index contributed by atoms with van der Waals surface area (Å²) in [6.07, 6.45) is 1.23. The molecule has 0 amide bonds. The van der Waals surface area contributed by atoms with Gasteiger partial charge in [0.2, 0.25) is 0 Å². The fraction of sp³-hybridized carbons (Fsp3) is 0.500. The van der Waals surface area contributed by atoms with Crippen LogP contribution in [0.25, 0.3) is 11.0 Å². The minimum Gasteiger partial charge on any atom is -0.494 e.